The van der Waals surface area contributed by atoms with E-state index in [4.69, 9.17) is 22.1 Å². The molecule has 116 valence electrons. The molecule has 1 unspecified atom stereocenters. The summed E-state index contributed by atoms with van der Waals surface area (Å²) in [6.45, 7) is 3.99. The molecule has 1 atom stereocenters. The van der Waals surface area contributed by atoms with E-state index in [2.05, 4.69) is 10.3 Å². The van der Waals surface area contributed by atoms with Crippen LogP contribution in [-0.2, 0) is 0 Å². The van der Waals surface area contributed by atoms with Crippen LogP contribution in [0.2, 0.25) is 5.02 Å². The van der Waals surface area contributed by atoms with Crippen molar-refractivity contribution in [3.05, 3.63) is 46.7 Å². The van der Waals surface area contributed by atoms with Crippen LogP contribution >= 0.6 is 11.6 Å². The molecule has 0 spiro atoms. The number of benzene rings is 1. The molecule has 1 aromatic heterocycles. The molecular formula is C16H18ClN3O2. The Labute approximate surface area is 133 Å². The monoisotopic (exact) mass is 319 g/mol. The largest absolute Gasteiger partial charge is 0.487 e. The highest BCUT2D eigenvalue weighted by Crippen LogP contribution is 2.40. The molecular weight excluding hydrogens is 302 g/mol. The van der Waals surface area contributed by atoms with E-state index < -0.39 is 0 Å². The smallest absolute Gasteiger partial charge is 0.268 e. The van der Waals surface area contributed by atoms with Crippen molar-refractivity contribution in [3.8, 4) is 5.75 Å². The number of H-pyrrole nitrogens is 1. The van der Waals surface area contributed by atoms with E-state index in [1.807, 2.05) is 26.0 Å². The number of hydrogen-bond acceptors (Lipinski definition) is 3. The molecule has 6 heteroatoms. The predicted octanol–water partition coefficient (Wildman–Crippen LogP) is 3.28. The lowest BCUT2D eigenvalue weighted by Crippen LogP contribution is -2.41. The number of hydrogen-bond donors (Lipinski definition) is 3. The Bertz CT molecular complexity index is 724. The molecule has 22 heavy (non-hydrogen) atoms. The van der Waals surface area contributed by atoms with E-state index in [1.54, 1.807) is 18.3 Å². The molecule has 1 aliphatic rings. The third kappa shape index (κ3) is 2.90. The molecule has 0 fully saturated rings. The third-order valence-electron chi connectivity index (χ3n) is 3.69. The fourth-order valence-corrected chi connectivity index (χ4v) is 2.90. The first-order valence-corrected chi connectivity index (χ1v) is 7.45. The Morgan fingerprint density at radius 3 is 2.91 bits per heavy atom. The number of carbonyl (C=O) groups excluding carboxylic acids is 1. The first-order chi connectivity index (χ1) is 10.3. The molecule has 0 radical (unpaired) electrons. The second kappa shape index (κ2) is 5.25. The minimum absolute atomic E-state index is 0.170. The van der Waals surface area contributed by atoms with Crippen LogP contribution in [0.15, 0.2) is 30.5 Å². The van der Waals surface area contributed by atoms with Gasteiger partial charge in [-0.25, -0.2) is 0 Å². The first-order valence-electron chi connectivity index (χ1n) is 7.07. The van der Waals surface area contributed by atoms with Crippen LogP contribution < -0.4 is 15.8 Å². The molecule has 1 amide bonds. The van der Waals surface area contributed by atoms with Crippen molar-refractivity contribution in [3.63, 3.8) is 0 Å². The highest BCUT2D eigenvalue weighted by Gasteiger charge is 2.34. The quantitative estimate of drug-likeness (QED) is 0.743. The van der Waals surface area contributed by atoms with E-state index in [9.17, 15) is 4.79 Å². The summed E-state index contributed by atoms with van der Waals surface area (Å²) >= 11 is 5.85. The van der Waals surface area contributed by atoms with Crippen LogP contribution in [0.5, 0.6) is 5.75 Å². The Morgan fingerprint density at radius 1 is 1.45 bits per heavy atom. The standard InChI is InChI=1S/C16H18ClN3O2/c1-16(2)7-13(11-6-10(18)3-4-14(11)22-16)20-15(21)12-5-9(17)8-19-12/h3-6,8,13,19H,7,18H2,1-2H3,(H,20,21). The fourth-order valence-electron chi connectivity index (χ4n) is 2.74. The topological polar surface area (TPSA) is 80.1 Å². The Kier molecular flexibility index (Phi) is 3.53. The molecule has 1 aromatic carbocycles. The third-order valence-corrected chi connectivity index (χ3v) is 3.91. The minimum atomic E-state index is -0.367. The average Bonchev–Trinajstić information content (AvgIpc) is 2.85. The van der Waals surface area contributed by atoms with Gasteiger partial charge >= 0.3 is 0 Å². The van der Waals surface area contributed by atoms with Gasteiger partial charge in [-0.05, 0) is 38.1 Å². The van der Waals surface area contributed by atoms with Gasteiger partial charge in [0.2, 0.25) is 0 Å². The van der Waals surface area contributed by atoms with E-state index in [-0.39, 0.29) is 17.6 Å². The zero-order valence-electron chi connectivity index (χ0n) is 12.4. The van der Waals surface area contributed by atoms with Gasteiger partial charge in [0.15, 0.2) is 0 Å². The van der Waals surface area contributed by atoms with Crippen molar-refractivity contribution in [1.82, 2.24) is 10.3 Å². The summed E-state index contributed by atoms with van der Waals surface area (Å²) in [7, 11) is 0. The summed E-state index contributed by atoms with van der Waals surface area (Å²) in [5.41, 5.74) is 7.47. The van der Waals surface area contributed by atoms with Gasteiger partial charge in [-0.2, -0.15) is 0 Å². The Morgan fingerprint density at radius 2 is 2.23 bits per heavy atom. The van der Waals surface area contributed by atoms with Gasteiger partial charge < -0.3 is 20.8 Å². The zero-order chi connectivity index (χ0) is 15.9. The maximum atomic E-state index is 12.4. The maximum Gasteiger partial charge on any atom is 0.268 e. The fraction of sp³-hybridized carbons (Fsp3) is 0.312. The van der Waals surface area contributed by atoms with Gasteiger partial charge in [0.1, 0.15) is 17.0 Å². The summed E-state index contributed by atoms with van der Waals surface area (Å²) in [6, 6.07) is 6.91. The van der Waals surface area contributed by atoms with E-state index in [1.165, 1.54) is 0 Å². The van der Waals surface area contributed by atoms with Gasteiger partial charge in [0, 0.05) is 23.9 Å². The van der Waals surface area contributed by atoms with Crippen LogP contribution in [0.4, 0.5) is 5.69 Å². The second-order valence-electron chi connectivity index (χ2n) is 6.12. The van der Waals surface area contributed by atoms with Crippen molar-refractivity contribution >= 4 is 23.2 Å². The number of nitrogens with one attached hydrogen (secondary N) is 2. The van der Waals surface area contributed by atoms with E-state index >= 15 is 0 Å². The van der Waals surface area contributed by atoms with Crippen molar-refractivity contribution in [1.29, 1.82) is 0 Å². The SMILES string of the molecule is CC1(C)CC(NC(=O)c2cc(Cl)c[nH]2)c2cc(N)ccc2O1. The number of nitrogen functional groups attached to an aromatic ring is 1. The number of nitrogens with two attached hydrogens (primary N) is 1. The van der Waals surface area contributed by atoms with Crippen LogP contribution in [0.3, 0.4) is 0 Å². The maximum absolute atomic E-state index is 12.4. The van der Waals surface area contributed by atoms with Crippen molar-refractivity contribution in [2.24, 2.45) is 0 Å². The molecule has 5 nitrogen and oxygen atoms in total. The van der Waals surface area contributed by atoms with Gasteiger partial charge in [-0.15, -0.1) is 0 Å². The number of ether oxygens (including phenoxy) is 1. The van der Waals surface area contributed by atoms with Gasteiger partial charge in [0.05, 0.1) is 11.1 Å². The van der Waals surface area contributed by atoms with Crippen LogP contribution in [0.25, 0.3) is 0 Å². The summed E-state index contributed by atoms with van der Waals surface area (Å²) in [5.74, 6) is 0.545. The number of fused-ring (bicyclic) bond motifs is 1. The molecule has 0 saturated heterocycles. The van der Waals surface area contributed by atoms with Crippen molar-refractivity contribution in [2.75, 3.05) is 5.73 Å². The number of anilines is 1. The van der Waals surface area contributed by atoms with E-state index in [0.717, 1.165) is 11.3 Å². The molecule has 2 heterocycles. The zero-order valence-corrected chi connectivity index (χ0v) is 13.2. The molecule has 3 rings (SSSR count). The van der Waals surface area contributed by atoms with Crippen molar-refractivity contribution < 1.29 is 9.53 Å². The highest BCUT2D eigenvalue weighted by atomic mass is 35.5. The number of carbonyl (C=O) groups is 1. The average molecular weight is 320 g/mol. The van der Waals surface area contributed by atoms with Crippen LogP contribution in [-0.4, -0.2) is 16.5 Å². The predicted molar refractivity (Wildman–Crippen MR) is 86.2 cm³/mol. The lowest BCUT2D eigenvalue weighted by molar-refractivity contribution is 0.0619. The summed E-state index contributed by atoms with van der Waals surface area (Å²) in [4.78, 5) is 15.2. The van der Waals surface area contributed by atoms with Crippen LogP contribution in [0.1, 0.15) is 42.4 Å². The van der Waals surface area contributed by atoms with Crippen molar-refractivity contribution in [2.45, 2.75) is 31.9 Å². The minimum Gasteiger partial charge on any atom is -0.487 e. The van der Waals surface area contributed by atoms with Gasteiger partial charge in [-0.1, -0.05) is 11.6 Å². The summed E-state index contributed by atoms with van der Waals surface area (Å²) < 4.78 is 5.96. The number of rotatable bonds is 2. The molecule has 0 aliphatic carbocycles. The molecule has 0 bridgehead atoms. The highest BCUT2D eigenvalue weighted by molar-refractivity contribution is 6.30. The lowest BCUT2D eigenvalue weighted by atomic mass is 9.89. The lowest BCUT2D eigenvalue weighted by Gasteiger charge is -2.38. The summed E-state index contributed by atoms with van der Waals surface area (Å²) in [5, 5.41) is 3.53. The summed E-state index contributed by atoms with van der Waals surface area (Å²) in [6.07, 6.45) is 2.24. The second-order valence-corrected chi connectivity index (χ2v) is 6.56. The molecule has 2 aromatic rings. The number of aromatic amines is 1. The Hall–Kier alpha value is -2.14. The normalized spacial score (nSPS) is 19.1. The number of halogens is 1. The van der Waals surface area contributed by atoms with Gasteiger partial charge in [-0.3, -0.25) is 4.79 Å². The molecule has 0 saturated carbocycles. The molecule has 4 N–H and O–H groups in total. The van der Waals surface area contributed by atoms with Crippen LogP contribution in [0, 0.1) is 0 Å². The van der Waals surface area contributed by atoms with E-state index in [0.29, 0.717) is 22.8 Å². The number of aromatic nitrogens is 1. The van der Waals surface area contributed by atoms with Gasteiger partial charge in [0.25, 0.3) is 5.91 Å². The Balaban J connectivity index is 1.90. The number of amides is 1. The first kappa shape index (κ1) is 14.8. The molecule has 1 aliphatic heterocycles.